The number of hydrogen-bond donors (Lipinski definition) is 2. The molecule has 140 valence electrons. The van der Waals surface area contributed by atoms with Gasteiger partial charge in [0.15, 0.2) is 0 Å². The number of hydrogen-bond acceptors (Lipinski definition) is 4. The Kier molecular flexibility index (Phi) is 4.53. The number of fused-ring (bicyclic) bond motifs is 1. The predicted octanol–water partition coefficient (Wildman–Crippen LogP) is 3.51. The van der Waals surface area contributed by atoms with Gasteiger partial charge in [0.2, 0.25) is 0 Å². The van der Waals surface area contributed by atoms with Gasteiger partial charge in [0.05, 0.1) is 23.3 Å². The van der Waals surface area contributed by atoms with E-state index in [0.29, 0.717) is 12.4 Å². The summed E-state index contributed by atoms with van der Waals surface area (Å²) in [4.78, 5) is 23.9. The van der Waals surface area contributed by atoms with Crippen LogP contribution < -0.4 is 11.4 Å². The molecule has 0 fully saturated rings. The van der Waals surface area contributed by atoms with Crippen LogP contribution in [0.3, 0.4) is 0 Å². The Balaban J connectivity index is 1.85. The van der Waals surface area contributed by atoms with E-state index in [1.807, 2.05) is 68.5 Å². The van der Waals surface area contributed by atoms with E-state index in [1.165, 1.54) is 6.33 Å². The lowest BCUT2D eigenvalue weighted by Crippen LogP contribution is -2.17. The van der Waals surface area contributed by atoms with Crippen LogP contribution in [-0.2, 0) is 6.54 Å². The normalized spacial score (nSPS) is 11.9. The fourth-order valence-electron chi connectivity index (χ4n) is 3.52. The number of allylic oxidation sites excluding steroid dienone is 1. The van der Waals surface area contributed by atoms with Gasteiger partial charge in [-0.1, -0.05) is 42.5 Å². The quantitative estimate of drug-likeness (QED) is 0.574. The molecule has 0 saturated carbocycles. The van der Waals surface area contributed by atoms with Crippen LogP contribution in [0.15, 0.2) is 65.7 Å². The van der Waals surface area contributed by atoms with E-state index in [9.17, 15) is 4.79 Å². The summed E-state index contributed by atoms with van der Waals surface area (Å²) < 4.78 is 1.75. The summed E-state index contributed by atoms with van der Waals surface area (Å²) in [6, 6.07) is 15.8. The minimum Gasteiger partial charge on any atom is -0.383 e. The Morgan fingerprint density at radius 2 is 1.96 bits per heavy atom. The number of nitrogens with two attached hydrogens (primary N) is 1. The molecule has 2 aromatic heterocycles. The lowest BCUT2D eigenvalue weighted by Gasteiger charge is -2.13. The Labute approximate surface area is 162 Å². The molecular weight excluding hydrogens is 350 g/mol. The van der Waals surface area contributed by atoms with E-state index in [2.05, 4.69) is 15.0 Å². The highest BCUT2D eigenvalue weighted by atomic mass is 16.1. The number of imidazole rings is 1. The number of benzene rings is 2. The number of aromatic amines is 1. The highest BCUT2D eigenvalue weighted by Crippen LogP contribution is 2.30. The van der Waals surface area contributed by atoms with Crippen molar-refractivity contribution in [1.29, 1.82) is 0 Å². The minimum absolute atomic E-state index is 0.128. The molecule has 6 nitrogen and oxygen atoms in total. The number of nitrogens with one attached hydrogen (secondary N) is 1. The van der Waals surface area contributed by atoms with Gasteiger partial charge >= 0.3 is 5.69 Å². The molecule has 0 bridgehead atoms. The average molecular weight is 371 g/mol. The third-order valence-corrected chi connectivity index (χ3v) is 4.89. The molecule has 4 aromatic rings. The van der Waals surface area contributed by atoms with E-state index in [0.717, 1.165) is 39.0 Å². The smallest absolute Gasteiger partial charge is 0.326 e. The lowest BCUT2D eigenvalue weighted by molar-refractivity contribution is 0.787. The first-order chi connectivity index (χ1) is 13.6. The van der Waals surface area contributed by atoms with Crippen molar-refractivity contribution < 1.29 is 0 Å². The molecule has 0 aliphatic heterocycles. The van der Waals surface area contributed by atoms with E-state index in [1.54, 1.807) is 4.57 Å². The van der Waals surface area contributed by atoms with Crippen LogP contribution in [0.4, 0.5) is 5.82 Å². The van der Waals surface area contributed by atoms with Gasteiger partial charge in [-0.25, -0.2) is 14.8 Å². The van der Waals surface area contributed by atoms with Crippen LogP contribution in [0.25, 0.3) is 16.6 Å². The zero-order chi connectivity index (χ0) is 19.7. The summed E-state index contributed by atoms with van der Waals surface area (Å²) in [5.74, 6) is 0.441. The molecule has 4 rings (SSSR count). The van der Waals surface area contributed by atoms with Crippen molar-refractivity contribution in [2.24, 2.45) is 0 Å². The Morgan fingerprint density at radius 3 is 2.68 bits per heavy atom. The van der Waals surface area contributed by atoms with E-state index < -0.39 is 0 Å². The number of nitrogens with zero attached hydrogens (tertiary/aromatic N) is 3. The summed E-state index contributed by atoms with van der Waals surface area (Å²) in [5, 5.41) is 0. The molecule has 0 spiro atoms. The molecule has 0 unspecified atom stereocenters. The lowest BCUT2D eigenvalue weighted by atomic mass is 9.96. The van der Waals surface area contributed by atoms with Crippen molar-refractivity contribution in [3.63, 3.8) is 0 Å². The van der Waals surface area contributed by atoms with Gasteiger partial charge in [0, 0.05) is 5.56 Å². The molecule has 0 amide bonds. The van der Waals surface area contributed by atoms with Gasteiger partial charge in [-0.15, -0.1) is 0 Å². The Morgan fingerprint density at radius 1 is 1.18 bits per heavy atom. The second-order valence-electron chi connectivity index (χ2n) is 6.66. The number of nitrogen functional groups attached to an aromatic ring is 1. The second-order valence-corrected chi connectivity index (χ2v) is 6.66. The second kappa shape index (κ2) is 7.15. The monoisotopic (exact) mass is 371 g/mol. The highest BCUT2D eigenvalue weighted by Gasteiger charge is 2.15. The van der Waals surface area contributed by atoms with Gasteiger partial charge in [0.25, 0.3) is 0 Å². The molecule has 6 heteroatoms. The molecule has 0 radical (unpaired) electrons. The average Bonchev–Trinajstić information content (AvgIpc) is 3.00. The van der Waals surface area contributed by atoms with Crippen molar-refractivity contribution in [2.45, 2.75) is 20.4 Å². The standard InChI is InChI=1S/C22H21N5O/c1-3-17(20-14(2)24-13-25-21(20)23)16-9-10-18-19(11-16)27(22(28)26-18)12-15-7-5-4-6-8-15/h3-11,13H,12H2,1-2H3,(H,26,28)(H2,23,24,25)/b17-3-. The first-order valence-corrected chi connectivity index (χ1v) is 9.09. The van der Waals surface area contributed by atoms with Gasteiger partial charge in [-0.3, -0.25) is 4.57 Å². The minimum atomic E-state index is -0.128. The maximum Gasteiger partial charge on any atom is 0.326 e. The molecule has 0 aliphatic rings. The first kappa shape index (κ1) is 17.7. The van der Waals surface area contributed by atoms with Gasteiger partial charge in [-0.2, -0.15) is 0 Å². The number of rotatable bonds is 4. The van der Waals surface area contributed by atoms with Gasteiger partial charge in [-0.05, 0) is 42.7 Å². The number of aryl methyl sites for hydroxylation is 1. The third kappa shape index (κ3) is 3.09. The van der Waals surface area contributed by atoms with Crippen LogP contribution in [0.1, 0.15) is 29.3 Å². The van der Waals surface area contributed by atoms with E-state index in [4.69, 9.17) is 5.73 Å². The summed E-state index contributed by atoms with van der Waals surface area (Å²) in [5.41, 5.74) is 12.3. The molecule has 0 atom stereocenters. The van der Waals surface area contributed by atoms with Crippen molar-refractivity contribution in [1.82, 2.24) is 19.5 Å². The number of H-pyrrole nitrogens is 1. The number of aromatic nitrogens is 4. The fraction of sp³-hybridized carbons (Fsp3) is 0.136. The summed E-state index contributed by atoms with van der Waals surface area (Å²) in [7, 11) is 0. The van der Waals surface area contributed by atoms with Crippen LogP contribution >= 0.6 is 0 Å². The van der Waals surface area contributed by atoms with Crippen LogP contribution in [0.2, 0.25) is 0 Å². The molecule has 28 heavy (non-hydrogen) atoms. The summed E-state index contributed by atoms with van der Waals surface area (Å²) in [6.45, 7) is 4.38. The van der Waals surface area contributed by atoms with E-state index in [-0.39, 0.29) is 5.69 Å². The molecular formula is C22H21N5O. The van der Waals surface area contributed by atoms with Crippen LogP contribution in [-0.4, -0.2) is 19.5 Å². The molecule has 3 N–H and O–H groups in total. The largest absolute Gasteiger partial charge is 0.383 e. The molecule has 0 saturated heterocycles. The van der Waals surface area contributed by atoms with Crippen molar-refractivity contribution in [2.75, 3.05) is 5.73 Å². The summed E-state index contributed by atoms with van der Waals surface area (Å²) >= 11 is 0. The number of anilines is 1. The van der Waals surface area contributed by atoms with Gasteiger partial charge < -0.3 is 10.7 Å². The third-order valence-electron chi connectivity index (χ3n) is 4.89. The van der Waals surface area contributed by atoms with Crippen LogP contribution in [0.5, 0.6) is 0 Å². The first-order valence-electron chi connectivity index (χ1n) is 9.09. The Bertz CT molecular complexity index is 1210. The van der Waals surface area contributed by atoms with Gasteiger partial charge in [0.1, 0.15) is 12.1 Å². The van der Waals surface area contributed by atoms with Crippen molar-refractivity contribution >= 4 is 22.4 Å². The SMILES string of the molecule is C/C=C(/c1ccc2[nH]c(=O)n(Cc3ccccc3)c2c1)c1c(C)ncnc1N. The topological polar surface area (TPSA) is 89.6 Å². The van der Waals surface area contributed by atoms with Crippen molar-refractivity contribution in [3.8, 4) is 0 Å². The maximum atomic E-state index is 12.5. The highest BCUT2D eigenvalue weighted by molar-refractivity contribution is 5.89. The Hall–Kier alpha value is -3.67. The predicted molar refractivity (Wildman–Crippen MR) is 112 cm³/mol. The molecule has 0 aliphatic carbocycles. The maximum absolute atomic E-state index is 12.5. The zero-order valence-electron chi connectivity index (χ0n) is 15.8. The zero-order valence-corrected chi connectivity index (χ0v) is 15.8. The van der Waals surface area contributed by atoms with E-state index >= 15 is 0 Å². The van der Waals surface area contributed by atoms with Crippen molar-refractivity contribution in [3.05, 3.63) is 93.8 Å². The molecule has 2 heterocycles. The van der Waals surface area contributed by atoms with Crippen LogP contribution in [0, 0.1) is 6.92 Å². The fourth-order valence-corrected chi connectivity index (χ4v) is 3.52. The molecule has 2 aromatic carbocycles. The summed E-state index contributed by atoms with van der Waals surface area (Å²) in [6.07, 6.45) is 3.46.